The fourth-order valence-corrected chi connectivity index (χ4v) is 4.08. The van der Waals surface area contributed by atoms with E-state index in [1.165, 1.54) is 25.3 Å². The van der Waals surface area contributed by atoms with Gasteiger partial charge in [0.2, 0.25) is 5.91 Å². The molecule has 0 spiro atoms. The third kappa shape index (κ3) is 5.75. The first-order chi connectivity index (χ1) is 13.4. The first kappa shape index (κ1) is 22.1. The molecule has 11 heteroatoms. The molecule has 1 amide bonds. The van der Waals surface area contributed by atoms with Gasteiger partial charge in [-0.3, -0.25) is 4.79 Å². The molecule has 2 aromatic rings. The van der Waals surface area contributed by atoms with Gasteiger partial charge < -0.3 is 15.2 Å². The smallest absolute Gasteiger partial charge is 0.422 e. The molecule has 3 rings (SSSR count). The van der Waals surface area contributed by atoms with Gasteiger partial charge in [-0.25, -0.2) is 4.98 Å². The maximum Gasteiger partial charge on any atom is 0.422 e. The van der Waals surface area contributed by atoms with Crippen LogP contribution in [-0.2, 0) is 15.9 Å². The van der Waals surface area contributed by atoms with E-state index >= 15 is 0 Å². The van der Waals surface area contributed by atoms with Gasteiger partial charge in [0.1, 0.15) is 20.7 Å². The second-order valence-electron chi connectivity index (χ2n) is 7.13. The van der Waals surface area contributed by atoms with Gasteiger partial charge in [-0.1, -0.05) is 23.2 Å². The lowest BCUT2D eigenvalue weighted by Gasteiger charge is -2.24. The van der Waals surface area contributed by atoms with E-state index in [1.54, 1.807) is 6.07 Å². The van der Waals surface area contributed by atoms with Gasteiger partial charge in [0.25, 0.3) is 0 Å². The van der Waals surface area contributed by atoms with Crippen molar-refractivity contribution in [1.82, 2.24) is 10.3 Å². The third-order valence-corrected chi connectivity index (χ3v) is 5.98. The second-order valence-corrected chi connectivity index (χ2v) is 9.23. The number of benzene rings is 1. The van der Waals surface area contributed by atoms with Gasteiger partial charge in [-0.05, 0) is 43.5 Å². The Morgan fingerprint density at radius 2 is 2.03 bits per heavy atom. The van der Waals surface area contributed by atoms with Crippen LogP contribution in [0.1, 0.15) is 36.8 Å². The van der Waals surface area contributed by atoms with Crippen molar-refractivity contribution < 1.29 is 27.8 Å². The zero-order valence-corrected chi connectivity index (χ0v) is 17.5. The zero-order valence-electron chi connectivity index (χ0n) is 15.1. The number of hydrogen-bond donors (Lipinski definition) is 2. The molecule has 0 radical (unpaired) electrons. The molecule has 1 aliphatic rings. The number of carbonyl (C=O) groups excluding carboxylic acids is 1. The van der Waals surface area contributed by atoms with E-state index in [9.17, 15) is 23.1 Å². The van der Waals surface area contributed by atoms with Crippen LogP contribution in [0.5, 0.6) is 5.75 Å². The Balaban J connectivity index is 1.71. The van der Waals surface area contributed by atoms with Gasteiger partial charge in [-0.15, -0.1) is 11.3 Å². The fraction of sp³-hybridized carbons (Fsp3) is 0.444. The van der Waals surface area contributed by atoms with E-state index < -0.39 is 29.8 Å². The van der Waals surface area contributed by atoms with Crippen LogP contribution in [0.25, 0.3) is 0 Å². The molecule has 0 aliphatic heterocycles. The van der Waals surface area contributed by atoms with Crippen LogP contribution in [0, 0.1) is 0 Å². The number of nitrogens with zero attached hydrogens (tertiary/aromatic N) is 1. The summed E-state index contributed by atoms with van der Waals surface area (Å²) in [5.74, 6) is -0.466. The molecule has 0 saturated heterocycles. The number of thiazole rings is 1. The second kappa shape index (κ2) is 7.94. The Kier molecular flexibility index (Phi) is 6.06. The van der Waals surface area contributed by atoms with Crippen molar-refractivity contribution in [2.75, 3.05) is 6.61 Å². The van der Waals surface area contributed by atoms with Crippen LogP contribution in [-0.4, -0.2) is 28.8 Å². The van der Waals surface area contributed by atoms with Crippen molar-refractivity contribution in [3.8, 4) is 5.75 Å². The molecular formula is C18H17Cl2F3N2O3S. The van der Waals surface area contributed by atoms with Crippen molar-refractivity contribution in [3.05, 3.63) is 44.3 Å². The van der Waals surface area contributed by atoms with Crippen LogP contribution in [0.4, 0.5) is 13.2 Å². The van der Waals surface area contributed by atoms with Gasteiger partial charge in [-0.2, -0.15) is 13.2 Å². The number of alkyl halides is 3. The summed E-state index contributed by atoms with van der Waals surface area (Å²) >= 11 is 12.9. The lowest BCUT2D eigenvalue weighted by atomic mass is 10.0. The number of rotatable bonds is 7. The number of halogens is 5. The van der Waals surface area contributed by atoms with Crippen molar-refractivity contribution >= 4 is 40.4 Å². The lowest BCUT2D eigenvalue weighted by molar-refractivity contribution is -0.153. The van der Waals surface area contributed by atoms with Crippen molar-refractivity contribution in [3.63, 3.8) is 0 Å². The van der Waals surface area contributed by atoms with E-state index in [4.69, 9.17) is 27.9 Å². The van der Waals surface area contributed by atoms with Crippen LogP contribution < -0.4 is 10.1 Å². The number of amides is 1. The molecule has 2 N–H and O–H groups in total. The summed E-state index contributed by atoms with van der Waals surface area (Å²) in [6.45, 7) is 0.0230. The average molecular weight is 469 g/mol. The Bertz CT molecular complexity index is 914. The SMILES string of the molecule is CC(O)(CC(=O)NC1(c2cc(Cl)cc(OCC(F)(F)F)c2)CC1)c1ncc(Cl)s1. The summed E-state index contributed by atoms with van der Waals surface area (Å²) in [7, 11) is 0. The van der Waals surface area contributed by atoms with Crippen molar-refractivity contribution in [2.24, 2.45) is 0 Å². The molecule has 1 heterocycles. The lowest BCUT2D eigenvalue weighted by Crippen LogP contribution is -2.39. The van der Waals surface area contributed by atoms with Crippen LogP contribution in [0.3, 0.4) is 0 Å². The number of hydrogen-bond acceptors (Lipinski definition) is 5. The van der Waals surface area contributed by atoms with E-state index in [1.807, 2.05) is 0 Å². The van der Waals surface area contributed by atoms with Crippen molar-refractivity contribution in [1.29, 1.82) is 0 Å². The predicted octanol–water partition coefficient (Wildman–Crippen LogP) is 4.79. The first-order valence-electron chi connectivity index (χ1n) is 8.54. The number of ether oxygens (including phenoxy) is 1. The number of nitrogens with one attached hydrogen (secondary N) is 1. The largest absolute Gasteiger partial charge is 0.484 e. The highest BCUT2D eigenvalue weighted by molar-refractivity contribution is 7.15. The Labute approximate surface area is 178 Å². The van der Waals surface area contributed by atoms with E-state index in [2.05, 4.69) is 10.3 Å². The van der Waals surface area contributed by atoms with Crippen molar-refractivity contribution in [2.45, 2.75) is 43.5 Å². The van der Waals surface area contributed by atoms with Gasteiger partial charge >= 0.3 is 6.18 Å². The molecule has 0 bridgehead atoms. The topological polar surface area (TPSA) is 71.5 Å². The highest BCUT2D eigenvalue weighted by Gasteiger charge is 2.47. The van der Waals surface area contributed by atoms with E-state index in [0.29, 0.717) is 27.7 Å². The maximum absolute atomic E-state index is 12.6. The minimum Gasteiger partial charge on any atom is -0.484 e. The molecule has 29 heavy (non-hydrogen) atoms. The molecule has 1 atom stereocenters. The molecule has 1 aliphatic carbocycles. The van der Waals surface area contributed by atoms with Crippen LogP contribution in [0.15, 0.2) is 24.4 Å². The monoisotopic (exact) mass is 468 g/mol. The molecule has 1 aromatic heterocycles. The minimum atomic E-state index is -4.47. The zero-order chi connectivity index (χ0) is 21.4. The summed E-state index contributed by atoms with van der Waals surface area (Å²) in [5.41, 5.74) is -1.71. The van der Waals surface area contributed by atoms with E-state index in [0.717, 1.165) is 11.3 Å². The van der Waals surface area contributed by atoms with Crippen LogP contribution >= 0.6 is 34.5 Å². The molecule has 1 saturated carbocycles. The molecule has 1 aromatic carbocycles. The molecular weight excluding hydrogens is 452 g/mol. The molecule has 158 valence electrons. The molecule has 5 nitrogen and oxygen atoms in total. The van der Waals surface area contributed by atoms with Gasteiger partial charge in [0.05, 0.1) is 18.2 Å². The van der Waals surface area contributed by atoms with Gasteiger partial charge in [0.15, 0.2) is 6.61 Å². The third-order valence-electron chi connectivity index (χ3n) is 4.40. The molecule has 1 fully saturated rings. The minimum absolute atomic E-state index is 0.0326. The fourth-order valence-electron chi connectivity index (χ4n) is 2.90. The normalized spacial score (nSPS) is 17.5. The first-order valence-corrected chi connectivity index (χ1v) is 10.1. The average Bonchev–Trinajstić information content (AvgIpc) is 3.22. The summed E-state index contributed by atoms with van der Waals surface area (Å²) in [6.07, 6.45) is -2.16. The quantitative estimate of drug-likeness (QED) is 0.612. The Morgan fingerprint density at radius 1 is 1.34 bits per heavy atom. The number of carbonyl (C=O) groups is 1. The Hall–Kier alpha value is -1.55. The summed E-state index contributed by atoms with van der Waals surface area (Å²) < 4.78 is 42.4. The highest BCUT2D eigenvalue weighted by Crippen LogP contribution is 2.47. The standard InChI is InChI=1S/C18H17Cl2F3N2O3S/c1-16(27,15-24-8-13(20)29-15)7-14(26)25-17(2-3-17)10-4-11(19)6-12(5-10)28-9-18(21,22)23/h4-6,8,27H,2-3,7,9H2,1H3,(H,25,26). The highest BCUT2D eigenvalue weighted by atomic mass is 35.5. The summed E-state index contributed by atoms with van der Waals surface area (Å²) in [4.78, 5) is 16.6. The number of aromatic nitrogens is 1. The predicted molar refractivity (Wildman–Crippen MR) is 103 cm³/mol. The molecule has 1 unspecified atom stereocenters. The summed E-state index contributed by atoms with van der Waals surface area (Å²) in [5, 5.41) is 13.9. The number of aliphatic hydroxyl groups is 1. The maximum atomic E-state index is 12.6. The Morgan fingerprint density at radius 3 is 2.59 bits per heavy atom. The summed E-state index contributed by atoms with van der Waals surface area (Å²) in [6, 6.07) is 4.29. The van der Waals surface area contributed by atoms with Gasteiger partial charge in [0, 0.05) is 5.02 Å². The van der Waals surface area contributed by atoms with Crippen LogP contribution in [0.2, 0.25) is 9.36 Å². The van der Waals surface area contributed by atoms with E-state index in [-0.39, 0.29) is 17.2 Å².